The van der Waals surface area contributed by atoms with E-state index in [0.717, 1.165) is 27.7 Å². The first kappa shape index (κ1) is 19.1. The highest BCUT2D eigenvalue weighted by atomic mass is 16.6. The van der Waals surface area contributed by atoms with Gasteiger partial charge in [-0.25, -0.2) is 0 Å². The van der Waals surface area contributed by atoms with Crippen LogP contribution in [-0.2, 0) is 16.1 Å². The molecule has 0 saturated carbocycles. The van der Waals surface area contributed by atoms with Gasteiger partial charge in [0, 0.05) is 34.1 Å². The van der Waals surface area contributed by atoms with Gasteiger partial charge in [-0.2, -0.15) is 0 Å². The second-order valence-corrected chi connectivity index (χ2v) is 7.40. The van der Waals surface area contributed by atoms with Gasteiger partial charge in [-0.1, -0.05) is 48.5 Å². The Hall–Kier alpha value is -3.19. The van der Waals surface area contributed by atoms with Crippen LogP contribution in [0.4, 0.5) is 0 Å². The van der Waals surface area contributed by atoms with Gasteiger partial charge in [0.2, 0.25) is 6.54 Å². The van der Waals surface area contributed by atoms with Crippen LogP contribution in [0.25, 0.3) is 10.9 Å². The highest BCUT2D eigenvalue weighted by Gasteiger charge is 2.44. The summed E-state index contributed by atoms with van der Waals surface area (Å²) in [6.45, 7) is 2.21. The van der Waals surface area contributed by atoms with Gasteiger partial charge < -0.3 is 9.30 Å². The number of ether oxygens (including phenoxy) is 1. The molecule has 2 heterocycles. The quantitative estimate of drug-likeness (QED) is 0.408. The molecule has 7 nitrogen and oxygen atoms in total. The molecule has 3 atom stereocenters. The van der Waals surface area contributed by atoms with Gasteiger partial charge in [0.05, 0.1) is 13.0 Å². The van der Waals surface area contributed by atoms with E-state index >= 15 is 0 Å². The summed E-state index contributed by atoms with van der Waals surface area (Å²) in [5.41, 5.74) is 3.96. The number of aromatic nitrogens is 1. The molecular weight excluding hydrogens is 370 g/mol. The van der Waals surface area contributed by atoms with Crippen LogP contribution in [0.3, 0.4) is 0 Å². The molecule has 4 rings (SSSR count). The molecule has 0 saturated heterocycles. The van der Waals surface area contributed by atoms with E-state index in [1.54, 1.807) is 0 Å². The van der Waals surface area contributed by atoms with Crippen LogP contribution in [-0.4, -0.2) is 35.2 Å². The third kappa shape index (κ3) is 3.38. The third-order valence-corrected chi connectivity index (χ3v) is 5.65. The van der Waals surface area contributed by atoms with Gasteiger partial charge in [0.15, 0.2) is 0 Å². The molecular formula is C22H23N3O4. The van der Waals surface area contributed by atoms with Gasteiger partial charge in [0.25, 0.3) is 0 Å². The molecule has 150 valence electrons. The van der Waals surface area contributed by atoms with Crippen molar-refractivity contribution in [2.75, 3.05) is 13.7 Å². The Morgan fingerprint density at radius 1 is 1.17 bits per heavy atom. The summed E-state index contributed by atoms with van der Waals surface area (Å²) in [6, 6.07) is 17.1. The maximum atomic E-state index is 12.5. The molecule has 0 bridgehead atoms. The summed E-state index contributed by atoms with van der Waals surface area (Å²) in [4.78, 5) is 23.6. The van der Waals surface area contributed by atoms with Crippen molar-refractivity contribution in [2.24, 2.45) is 0 Å². The molecule has 1 aromatic heterocycles. The van der Waals surface area contributed by atoms with E-state index in [1.165, 1.54) is 7.11 Å². The highest BCUT2D eigenvalue weighted by Crippen LogP contribution is 2.41. The molecule has 3 aromatic rings. The number of para-hydroxylation sites is 1. The van der Waals surface area contributed by atoms with Crippen molar-refractivity contribution in [3.05, 3.63) is 81.5 Å². The van der Waals surface area contributed by atoms with Crippen LogP contribution in [0.15, 0.2) is 54.6 Å². The summed E-state index contributed by atoms with van der Waals surface area (Å²) in [7, 11) is 1.31. The summed E-state index contributed by atoms with van der Waals surface area (Å²) in [6.07, 6.45) is 0. The smallest absolute Gasteiger partial charge is 0.323 e. The Morgan fingerprint density at radius 2 is 1.86 bits per heavy atom. The van der Waals surface area contributed by atoms with Crippen LogP contribution in [0.5, 0.6) is 0 Å². The minimum absolute atomic E-state index is 0.140. The Labute approximate surface area is 168 Å². The molecule has 0 fully saturated rings. The number of esters is 1. The normalized spacial score (nSPS) is 21.0. The first-order chi connectivity index (χ1) is 14.0. The molecule has 1 aliphatic heterocycles. The summed E-state index contributed by atoms with van der Waals surface area (Å²) >= 11 is 0. The van der Waals surface area contributed by atoms with Gasteiger partial charge in [-0.05, 0) is 24.1 Å². The molecule has 0 spiro atoms. The van der Waals surface area contributed by atoms with Gasteiger partial charge >= 0.3 is 5.97 Å². The number of carbonyl (C=O) groups excluding carboxylic acids is 1. The monoisotopic (exact) mass is 393 g/mol. The van der Waals surface area contributed by atoms with E-state index in [1.807, 2.05) is 61.5 Å². The van der Waals surface area contributed by atoms with Crippen molar-refractivity contribution in [3.8, 4) is 0 Å². The zero-order valence-electron chi connectivity index (χ0n) is 16.4. The molecule has 7 heteroatoms. The average Bonchev–Trinajstić information content (AvgIpc) is 3.05. The summed E-state index contributed by atoms with van der Waals surface area (Å²) in [5.74, 6) is -1.11. The van der Waals surface area contributed by atoms with Crippen molar-refractivity contribution in [2.45, 2.75) is 31.5 Å². The van der Waals surface area contributed by atoms with Crippen LogP contribution in [0.2, 0.25) is 0 Å². The van der Waals surface area contributed by atoms with Crippen molar-refractivity contribution < 1.29 is 14.5 Å². The van der Waals surface area contributed by atoms with Crippen molar-refractivity contribution in [1.29, 1.82) is 0 Å². The van der Waals surface area contributed by atoms with Crippen LogP contribution >= 0.6 is 0 Å². The van der Waals surface area contributed by atoms with Crippen LogP contribution in [0, 0.1) is 10.1 Å². The molecule has 29 heavy (non-hydrogen) atoms. The van der Waals surface area contributed by atoms with E-state index < -0.39 is 17.9 Å². The fraction of sp³-hybridized carbons (Fsp3) is 0.318. The molecule has 0 unspecified atom stereocenters. The number of methoxy groups -OCH3 is 1. The largest absolute Gasteiger partial charge is 0.468 e. The van der Waals surface area contributed by atoms with Crippen molar-refractivity contribution in [3.63, 3.8) is 0 Å². The molecule has 0 amide bonds. The fourth-order valence-corrected chi connectivity index (χ4v) is 4.48. The Kier molecular flexibility index (Phi) is 5.07. The lowest BCUT2D eigenvalue weighted by Crippen LogP contribution is -2.49. The Balaban J connectivity index is 1.96. The minimum Gasteiger partial charge on any atom is -0.468 e. The molecule has 2 aromatic carbocycles. The number of benzene rings is 2. The first-order valence-electron chi connectivity index (χ1n) is 9.62. The fourth-order valence-electron chi connectivity index (χ4n) is 4.48. The van der Waals surface area contributed by atoms with E-state index in [-0.39, 0.29) is 17.5 Å². The number of hydrogen-bond donors (Lipinski definition) is 1. The number of rotatable bonds is 5. The average molecular weight is 393 g/mol. The topological polar surface area (TPSA) is 86.4 Å². The lowest BCUT2D eigenvalue weighted by molar-refractivity contribution is -0.484. The predicted octanol–water partition coefficient (Wildman–Crippen LogP) is 3.26. The Bertz CT molecular complexity index is 1060. The maximum Gasteiger partial charge on any atom is 0.323 e. The number of hydrogen-bond acceptors (Lipinski definition) is 5. The number of nitro groups is 1. The van der Waals surface area contributed by atoms with Crippen LogP contribution < -0.4 is 5.32 Å². The lowest BCUT2D eigenvalue weighted by atomic mass is 9.85. The number of fused-ring (bicyclic) bond motifs is 3. The standard InChI is InChI=1S/C22H23N3O4/c1-14-19-16-10-6-7-11-18(16)24(12-15-8-4-3-5-9-15)21(19)17(13-25(27)28)20(23-14)22(26)29-2/h3-11,14,17,20,23H,12-13H2,1-2H3/t14-,17-,20+/m1/s1. The van der Waals surface area contributed by atoms with Crippen molar-refractivity contribution in [1.82, 2.24) is 9.88 Å². The second kappa shape index (κ2) is 7.67. The first-order valence-corrected chi connectivity index (χ1v) is 9.62. The zero-order chi connectivity index (χ0) is 20.5. The van der Waals surface area contributed by atoms with Gasteiger partial charge in [-0.3, -0.25) is 20.2 Å². The lowest BCUT2D eigenvalue weighted by Gasteiger charge is -2.34. The predicted molar refractivity (Wildman–Crippen MR) is 109 cm³/mol. The van der Waals surface area contributed by atoms with Crippen LogP contribution in [0.1, 0.15) is 35.7 Å². The molecule has 1 N–H and O–H groups in total. The SMILES string of the molecule is COC(=O)[C@H]1N[C@H](C)c2c(n(Cc3ccccc3)c3ccccc23)[C@@H]1C[N+](=O)[O-]. The molecule has 0 aliphatic carbocycles. The zero-order valence-corrected chi connectivity index (χ0v) is 16.4. The number of nitrogens with one attached hydrogen (secondary N) is 1. The number of carbonyl (C=O) groups is 1. The minimum atomic E-state index is -0.772. The van der Waals surface area contributed by atoms with E-state index in [2.05, 4.69) is 9.88 Å². The summed E-state index contributed by atoms with van der Waals surface area (Å²) in [5, 5.41) is 15.8. The Morgan fingerprint density at radius 3 is 2.55 bits per heavy atom. The van der Waals surface area contributed by atoms with E-state index in [0.29, 0.717) is 6.54 Å². The van der Waals surface area contributed by atoms with E-state index in [9.17, 15) is 14.9 Å². The van der Waals surface area contributed by atoms with E-state index in [4.69, 9.17) is 4.74 Å². The summed E-state index contributed by atoms with van der Waals surface area (Å²) < 4.78 is 7.09. The number of nitrogens with zero attached hydrogens (tertiary/aromatic N) is 2. The van der Waals surface area contributed by atoms with Gasteiger partial charge in [0.1, 0.15) is 6.04 Å². The third-order valence-electron chi connectivity index (χ3n) is 5.65. The second-order valence-electron chi connectivity index (χ2n) is 7.40. The maximum absolute atomic E-state index is 12.5. The van der Waals surface area contributed by atoms with Gasteiger partial charge in [-0.15, -0.1) is 0 Å². The molecule has 0 radical (unpaired) electrons. The molecule has 1 aliphatic rings. The van der Waals surface area contributed by atoms with Crippen molar-refractivity contribution >= 4 is 16.9 Å². The highest BCUT2D eigenvalue weighted by molar-refractivity contribution is 5.88.